The number of hydrogen-bond donors (Lipinski definition) is 0. The number of halogens is 2. The van der Waals surface area contributed by atoms with Crippen molar-refractivity contribution >= 4 is 18.8 Å². The molecule has 2 aliphatic rings. The van der Waals surface area contributed by atoms with Crippen molar-refractivity contribution < 1.29 is 45.7 Å². The topological polar surface area (TPSA) is 0 Å². The van der Waals surface area contributed by atoms with Crippen molar-refractivity contribution in [1.82, 2.24) is 0 Å². The Bertz CT molecular complexity index is 1200. The van der Waals surface area contributed by atoms with Gasteiger partial charge >= 0.3 is 185 Å². The second kappa shape index (κ2) is 15.4. The fraction of sp³-hybridized carbons (Fsp3) is 0.333. The average Bonchev–Trinajstić information content (AvgIpc) is 3.40. The van der Waals surface area contributed by atoms with Crippen LogP contribution >= 0.6 is 0 Å². The Hall–Kier alpha value is -1.18. The molecule has 0 heterocycles. The minimum atomic E-state index is -1.74. The molecule has 4 heteroatoms. The summed E-state index contributed by atoms with van der Waals surface area (Å²) in [6, 6.07) is 27.1. The summed E-state index contributed by atoms with van der Waals surface area (Å²) in [5.41, 5.74) is 12.3. The summed E-state index contributed by atoms with van der Waals surface area (Å²) < 4.78 is 1.51. The second-order valence-electron chi connectivity index (χ2n) is 10.1. The van der Waals surface area contributed by atoms with E-state index in [0.717, 1.165) is 7.25 Å². The van der Waals surface area contributed by atoms with Gasteiger partial charge in [0.25, 0.3) is 0 Å². The van der Waals surface area contributed by atoms with Gasteiger partial charge in [0.15, 0.2) is 0 Å². The maximum Gasteiger partial charge on any atom is -1.00 e. The van der Waals surface area contributed by atoms with E-state index in [1.54, 1.807) is 22.3 Å². The summed E-state index contributed by atoms with van der Waals surface area (Å²) in [6.07, 6.45) is 10.5. The van der Waals surface area contributed by atoms with Crippen LogP contribution < -0.4 is 24.8 Å². The van der Waals surface area contributed by atoms with Crippen molar-refractivity contribution in [3.05, 3.63) is 106 Å². The molecule has 0 aromatic heterocycles. The number of unbranched alkanes of at least 4 members (excludes halogenated alkanes) is 3. The first-order valence-corrected chi connectivity index (χ1v) is 23.8. The van der Waals surface area contributed by atoms with Crippen molar-refractivity contribution in [2.45, 2.75) is 67.2 Å². The van der Waals surface area contributed by atoms with E-state index < -0.39 is 20.9 Å². The summed E-state index contributed by atoms with van der Waals surface area (Å²) in [7, 11) is 0. The maximum atomic E-state index is 2.59. The molecule has 3 aromatic carbocycles. The molecule has 37 heavy (non-hydrogen) atoms. The van der Waals surface area contributed by atoms with Crippen molar-refractivity contribution in [1.29, 1.82) is 0 Å². The molecule has 0 aliphatic heterocycles. The van der Waals surface area contributed by atoms with Gasteiger partial charge in [-0.15, -0.1) is 0 Å². The number of hydrogen-bond acceptors (Lipinski definition) is 0. The van der Waals surface area contributed by atoms with Crippen molar-refractivity contribution in [2.75, 3.05) is 0 Å². The van der Waals surface area contributed by atoms with Crippen LogP contribution in [0.2, 0.25) is 6.55 Å². The van der Waals surface area contributed by atoms with Gasteiger partial charge < -0.3 is 24.8 Å². The summed E-state index contributed by atoms with van der Waals surface area (Å²) in [4.78, 5) is 0. The maximum absolute atomic E-state index is 2.59. The standard InChI is InChI=1S/C16H13.C10H9.C6H14.CH5Si.2ClH.Zr/c1-12-10-14-8-5-9-15(16(14)11-12)13-6-3-2-4-7-13;1-8-6-9-4-2-3-5-10(9)7-8;1-3-5-6-4-2;1-2;;;/h2-11H,1H3;2-7H,1H3;3-6H2,1-2H3;2H2,1H3;2*1H;/q;;;;;;+2/p-2. The predicted octanol–water partition coefficient (Wildman–Crippen LogP) is 3.31. The number of allylic oxidation sites excluding steroid dienone is 2. The zero-order valence-corrected chi connectivity index (χ0v) is 28.4. The molecule has 0 nitrogen and oxygen atoms in total. The van der Waals surface area contributed by atoms with Gasteiger partial charge in [0.05, 0.1) is 0 Å². The van der Waals surface area contributed by atoms with Crippen molar-refractivity contribution in [2.24, 2.45) is 0 Å². The Balaban J connectivity index is 0.000000543. The Morgan fingerprint density at radius 3 is 1.89 bits per heavy atom. The third-order valence-electron chi connectivity index (χ3n) is 7.62. The van der Waals surface area contributed by atoms with Crippen LogP contribution in [-0.4, -0.2) is 6.65 Å². The molecule has 0 radical (unpaired) electrons. The van der Waals surface area contributed by atoms with Crippen molar-refractivity contribution in [3.63, 3.8) is 0 Å². The summed E-state index contributed by atoms with van der Waals surface area (Å²) >= 11 is -1.74. The van der Waals surface area contributed by atoms with E-state index in [0.29, 0.717) is 0 Å². The van der Waals surface area contributed by atoms with Gasteiger partial charge in [-0.3, -0.25) is 0 Å². The number of rotatable bonds is 7. The van der Waals surface area contributed by atoms with Gasteiger partial charge in [-0.05, 0) is 0 Å². The van der Waals surface area contributed by atoms with Gasteiger partial charge in [0, 0.05) is 0 Å². The number of benzene rings is 3. The van der Waals surface area contributed by atoms with Gasteiger partial charge in [-0.1, -0.05) is 39.5 Å². The van der Waals surface area contributed by atoms with Crippen LogP contribution in [0.4, 0.5) is 0 Å². The first kappa shape index (κ1) is 32.0. The smallest absolute Gasteiger partial charge is 1.00 e. The molecule has 0 amide bonds. The molecule has 5 rings (SSSR count). The van der Waals surface area contributed by atoms with E-state index in [2.05, 4.69) is 119 Å². The van der Waals surface area contributed by atoms with E-state index in [1.807, 2.05) is 0 Å². The quantitative estimate of drug-likeness (QED) is 0.279. The van der Waals surface area contributed by atoms with E-state index in [4.69, 9.17) is 0 Å². The van der Waals surface area contributed by atoms with E-state index in [9.17, 15) is 0 Å². The summed E-state index contributed by atoms with van der Waals surface area (Å²) in [5, 5.41) is 0. The van der Waals surface area contributed by atoms with Gasteiger partial charge in [-0.2, -0.15) is 0 Å². The van der Waals surface area contributed by atoms with Crippen LogP contribution in [-0.2, 0) is 20.9 Å². The Morgan fingerprint density at radius 2 is 1.24 bits per heavy atom. The van der Waals surface area contributed by atoms with Gasteiger partial charge in [0.2, 0.25) is 0 Å². The molecule has 0 saturated carbocycles. The third kappa shape index (κ3) is 7.07. The fourth-order valence-electron chi connectivity index (χ4n) is 5.96. The summed E-state index contributed by atoms with van der Waals surface area (Å²) in [6.45, 7) is 11.8. The molecule has 195 valence electrons. The molecule has 0 spiro atoms. The molecular weight excluding hydrogens is 587 g/mol. The largest absolute Gasteiger partial charge is 1.00 e. The van der Waals surface area contributed by atoms with E-state index in [-0.39, 0.29) is 31.5 Å². The van der Waals surface area contributed by atoms with Crippen molar-refractivity contribution in [3.8, 4) is 11.1 Å². The Kier molecular flexibility index (Phi) is 13.4. The molecule has 0 saturated heterocycles. The summed E-state index contributed by atoms with van der Waals surface area (Å²) in [5.74, 6) is 0. The SMILES string of the molecule is CCCCCC.C[SiH2][Zr+2]([CH]1C(C)=Cc2ccccc21)[CH]1C(C)=Cc2c(-c3ccccc3)cccc21.[Cl-].[Cl-]. The molecule has 0 N–H and O–H groups in total. The molecule has 3 aromatic rings. The van der Waals surface area contributed by atoms with Crippen LogP contribution in [0.25, 0.3) is 23.3 Å². The second-order valence-corrected chi connectivity index (χ2v) is 26.5. The third-order valence-corrected chi connectivity index (χ3v) is 26.7. The van der Waals surface area contributed by atoms with Crippen LogP contribution in [0.3, 0.4) is 0 Å². The zero-order chi connectivity index (χ0) is 24.8. The van der Waals surface area contributed by atoms with Crippen LogP contribution in [0.1, 0.15) is 82.9 Å². The van der Waals surface area contributed by atoms with Crippen LogP contribution in [0.5, 0.6) is 0 Å². The Labute approximate surface area is 247 Å². The normalized spacial score (nSPS) is 17.0. The van der Waals surface area contributed by atoms with Crippen LogP contribution in [0.15, 0.2) is 83.9 Å². The average molecular weight is 628 g/mol. The minimum Gasteiger partial charge on any atom is -1.00 e. The first-order valence-electron chi connectivity index (χ1n) is 13.6. The molecule has 0 bridgehead atoms. The first-order chi connectivity index (χ1) is 17.1. The monoisotopic (exact) mass is 625 g/mol. The minimum absolute atomic E-state index is 0. The number of fused-ring (bicyclic) bond motifs is 2. The van der Waals surface area contributed by atoms with Crippen LogP contribution in [0, 0.1) is 0 Å². The van der Waals surface area contributed by atoms with Gasteiger partial charge in [0.1, 0.15) is 0 Å². The Morgan fingerprint density at radius 1 is 0.676 bits per heavy atom. The predicted molar refractivity (Wildman–Crippen MR) is 155 cm³/mol. The zero-order valence-electron chi connectivity index (χ0n) is 23.0. The van der Waals surface area contributed by atoms with E-state index >= 15 is 0 Å². The fourth-order valence-corrected chi connectivity index (χ4v) is 26.5. The van der Waals surface area contributed by atoms with E-state index in [1.165, 1.54) is 47.9 Å². The molecule has 2 atom stereocenters. The molecular formula is C33H41Cl2SiZr. The molecule has 2 unspecified atom stereocenters. The molecule has 2 aliphatic carbocycles. The molecule has 0 fully saturated rings. The van der Waals surface area contributed by atoms with Gasteiger partial charge in [-0.25, -0.2) is 0 Å².